The van der Waals surface area contributed by atoms with E-state index in [-0.39, 0.29) is 17.9 Å². The van der Waals surface area contributed by atoms with E-state index in [1.807, 2.05) is 13.0 Å². The minimum Gasteiger partial charge on any atom is -0.352 e. The zero-order valence-corrected chi connectivity index (χ0v) is 14.8. The Morgan fingerprint density at radius 3 is 2.39 bits per heavy atom. The molecule has 126 valence electrons. The Balaban J connectivity index is 2.00. The summed E-state index contributed by atoms with van der Waals surface area (Å²) in [7, 11) is 0. The monoisotopic (exact) mass is 336 g/mol. The largest absolute Gasteiger partial charge is 0.352 e. The zero-order valence-electron chi connectivity index (χ0n) is 14.0. The Morgan fingerprint density at radius 2 is 1.78 bits per heavy atom. The van der Waals surface area contributed by atoms with Crippen LogP contribution >= 0.6 is 11.6 Å². The standard InChI is InChI=1S/C18H25ClN2O2/c1-12-9-10-14(11-15(12)19)21-17(23)18(2,3)16(22)20-13-7-5-4-6-8-13/h9-11,13H,4-8H2,1-3H3,(H,20,22)(H,21,23). The summed E-state index contributed by atoms with van der Waals surface area (Å²) in [4.78, 5) is 25.0. The van der Waals surface area contributed by atoms with Crippen LogP contribution in [0.1, 0.15) is 51.5 Å². The van der Waals surface area contributed by atoms with E-state index in [0.717, 1.165) is 31.2 Å². The van der Waals surface area contributed by atoms with Gasteiger partial charge in [-0.2, -0.15) is 0 Å². The molecule has 1 aliphatic carbocycles. The first-order chi connectivity index (χ1) is 10.8. The van der Waals surface area contributed by atoms with E-state index in [1.165, 1.54) is 6.42 Å². The third kappa shape index (κ3) is 4.47. The van der Waals surface area contributed by atoms with Crippen molar-refractivity contribution in [3.05, 3.63) is 28.8 Å². The molecule has 0 spiro atoms. The highest BCUT2D eigenvalue weighted by atomic mass is 35.5. The molecule has 0 saturated heterocycles. The van der Waals surface area contributed by atoms with Crippen molar-refractivity contribution in [3.8, 4) is 0 Å². The van der Waals surface area contributed by atoms with Crippen LogP contribution < -0.4 is 10.6 Å². The Kier molecular flexibility index (Phi) is 5.69. The topological polar surface area (TPSA) is 58.2 Å². The average molecular weight is 337 g/mol. The summed E-state index contributed by atoms with van der Waals surface area (Å²) in [5, 5.41) is 6.39. The summed E-state index contributed by atoms with van der Waals surface area (Å²) in [6.45, 7) is 5.20. The van der Waals surface area contributed by atoms with Gasteiger partial charge in [0.05, 0.1) is 0 Å². The highest BCUT2D eigenvalue weighted by molar-refractivity contribution is 6.31. The lowest BCUT2D eigenvalue weighted by Gasteiger charge is -2.28. The van der Waals surface area contributed by atoms with Crippen LogP contribution in [0.15, 0.2) is 18.2 Å². The molecule has 0 bridgehead atoms. The fourth-order valence-electron chi connectivity index (χ4n) is 2.67. The number of rotatable bonds is 4. The molecular formula is C18H25ClN2O2. The van der Waals surface area contributed by atoms with E-state index in [0.29, 0.717) is 10.7 Å². The van der Waals surface area contributed by atoms with Gasteiger partial charge in [-0.25, -0.2) is 0 Å². The number of halogens is 1. The Bertz CT molecular complexity index is 593. The van der Waals surface area contributed by atoms with Gasteiger partial charge in [-0.05, 0) is 51.3 Å². The molecule has 0 heterocycles. The molecule has 0 aromatic heterocycles. The fraction of sp³-hybridized carbons (Fsp3) is 0.556. The number of benzene rings is 1. The molecule has 4 nitrogen and oxygen atoms in total. The molecule has 5 heteroatoms. The van der Waals surface area contributed by atoms with Gasteiger partial charge < -0.3 is 10.6 Å². The molecule has 2 amide bonds. The SMILES string of the molecule is Cc1ccc(NC(=O)C(C)(C)C(=O)NC2CCCCC2)cc1Cl. The van der Waals surface area contributed by atoms with Crippen molar-refractivity contribution in [1.82, 2.24) is 5.32 Å². The molecule has 1 aliphatic rings. The molecule has 2 N–H and O–H groups in total. The number of carbonyl (C=O) groups is 2. The van der Waals surface area contributed by atoms with Crippen LogP contribution in [0.3, 0.4) is 0 Å². The van der Waals surface area contributed by atoms with Gasteiger partial charge in [-0.1, -0.05) is 36.9 Å². The second kappa shape index (κ2) is 7.35. The molecule has 1 aromatic carbocycles. The predicted octanol–water partition coefficient (Wildman–Crippen LogP) is 4.06. The minimum atomic E-state index is -1.13. The zero-order chi connectivity index (χ0) is 17.0. The van der Waals surface area contributed by atoms with Crippen LogP contribution in [0, 0.1) is 12.3 Å². The minimum absolute atomic E-state index is 0.192. The first-order valence-electron chi connectivity index (χ1n) is 8.19. The van der Waals surface area contributed by atoms with E-state index in [4.69, 9.17) is 11.6 Å². The third-order valence-corrected chi connectivity index (χ3v) is 4.91. The number of hydrogen-bond donors (Lipinski definition) is 2. The number of carbonyl (C=O) groups excluding carboxylic acids is 2. The smallest absolute Gasteiger partial charge is 0.239 e. The second-order valence-corrected chi connectivity index (χ2v) is 7.26. The van der Waals surface area contributed by atoms with Gasteiger partial charge in [0.25, 0.3) is 0 Å². The van der Waals surface area contributed by atoms with E-state index in [2.05, 4.69) is 10.6 Å². The van der Waals surface area contributed by atoms with Crippen LogP contribution in [0.2, 0.25) is 5.02 Å². The van der Waals surface area contributed by atoms with Crippen LogP contribution in [-0.2, 0) is 9.59 Å². The first kappa shape index (κ1) is 17.8. The van der Waals surface area contributed by atoms with Crippen molar-refractivity contribution in [2.45, 2.75) is 58.9 Å². The number of anilines is 1. The third-order valence-electron chi connectivity index (χ3n) is 4.51. The van der Waals surface area contributed by atoms with Crippen molar-refractivity contribution in [2.24, 2.45) is 5.41 Å². The van der Waals surface area contributed by atoms with Crippen LogP contribution in [0.4, 0.5) is 5.69 Å². The normalized spacial score (nSPS) is 16.0. The maximum atomic E-state index is 12.5. The summed E-state index contributed by atoms with van der Waals surface area (Å²) in [5.41, 5.74) is 0.414. The van der Waals surface area contributed by atoms with E-state index >= 15 is 0 Å². The highest BCUT2D eigenvalue weighted by Gasteiger charge is 2.37. The van der Waals surface area contributed by atoms with Gasteiger partial charge in [0.2, 0.25) is 11.8 Å². The van der Waals surface area contributed by atoms with Gasteiger partial charge in [-0.15, -0.1) is 0 Å². The second-order valence-electron chi connectivity index (χ2n) is 6.85. The van der Waals surface area contributed by atoms with Crippen molar-refractivity contribution < 1.29 is 9.59 Å². The Labute approximate surface area is 143 Å². The van der Waals surface area contributed by atoms with Gasteiger partial charge in [0.1, 0.15) is 5.41 Å². The van der Waals surface area contributed by atoms with Crippen molar-refractivity contribution in [3.63, 3.8) is 0 Å². The average Bonchev–Trinajstić information content (AvgIpc) is 2.51. The number of nitrogens with one attached hydrogen (secondary N) is 2. The van der Waals surface area contributed by atoms with Crippen molar-refractivity contribution >= 4 is 29.1 Å². The van der Waals surface area contributed by atoms with Gasteiger partial charge in [0.15, 0.2) is 0 Å². The summed E-state index contributed by atoms with van der Waals surface area (Å²) >= 11 is 6.07. The van der Waals surface area contributed by atoms with E-state index in [9.17, 15) is 9.59 Å². The van der Waals surface area contributed by atoms with E-state index in [1.54, 1.807) is 26.0 Å². The Morgan fingerprint density at radius 1 is 1.13 bits per heavy atom. The van der Waals surface area contributed by atoms with E-state index < -0.39 is 5.41 Å². The highest BCUT2D eigenvalue weighted by Crippen LogP contribution is 2.24. The quantitative estimate of drug-likeness (QED) is 0.814. The summed E-state index contributed by atoms with van der Waals surface area (Å²) < 4.78 is 0. The molecular weight excluding hydrogens is 312 g/mol. The summed E-state index contributed by atoms with van der Waals surface area (Å²) in [6, 6.07) is 5.52. The lowest BCUT2D eigenvalue weighted by molar-refractivity contribution is -0.139. The van der Waals surface area contributed by atoms with Gasteiger partial charge in [-0.3, -0.25) is 9.59 Å². The first-order valence-corrected chi connectivity index (χ1v) is 8.57. The molecule has 0 aliphatic heterocycles. The van der Waals surface area contributed by atoms with Crippen LogP contribution in [0.5, 0.6) is 0 Å². The molecule has 23 heavy (non-hydrogen) atoms. The summed E-state index contributed by atoms with van der Waals surface area (Å²) in [6.07, 6.45) is 5.50. The maximum Gasteiger partial charge on any atom is 0.239 e. The van der Waals surface area contributed by atoms with Gasteiger partial charge in [0, 0.05) is 16.8 Å². The maximum absolute atomic E-state index is 12.5. The van der Waals surface area contributed by atoms with Gasteiger partial charge >= 0.3 is 0 Å². The van der Waals surface area contributed by atoms with Crippen molar-refractivity contribution in [1.29, 1.82) is 0 Å². The molecule has 0 atom stereocenters. The molecule has 2 rings (SSSR count). The molecule has 0 unspecified atom stereocenters. The molecule has 0 radical (unpaired) electrons. The number of hydrogen-bond acceptors (Lipinski definition) is 2. The predicted molar refractivity (Wildman–Crippen MR) is 93.6 cm³/mol. The fourth-order valence-corrected chi connectivity index (χ4v) is 2.85. The number of amides is 2. The summed E-state index contributed by atoms with van der Waals surface area (Å²) in [5.74, 6) is -0.550. The lowest BCUT2D eigenvalue weighted by atomic mass is 9.88. The molecule has 1 saturated carbocycles. The lowest BCUT2D eigenvalue weighted by Crippen LogP contribution is -2.49. The van der Waals surface area contributed by atoms with Crippen LogP contribution in [0.25, 0.3) is 0 Å². The Hall–Kier alpha value is -1.55. The van der Waals surface area contributed by atoms with Crippen molar-refractivity contribution in [2.75, 3.05) is 5.32 Å². The number of aryl methyl sites for hydroxylation is 1. The molecule has 1 aromatic rings. The molecule has 1 fully saturated rings. The van der Waals surface area contributed by atoms with Crippen LogP contribution in [-0.4, -0.2) is 17.9 Å².